The molecule has 7 nitrogen and oxygen atoms in total. The number of ether oxygens (including phenoxy) is 3. The molecule has 2 atom stereocenters. The number of thiazole rings is 1. The summed E-state index contributed by atoms with van der Waals surface area (Å²) < 4.78 is 17.7. The lowest BCUT2D eigenvalue weighted by Crippen LogP contribution is -2.39. The number of likely N-dealkylation sites (tertiary alicyclic amines) is 1. The Morgan fingerprint density at radius 2 is 1.83 bits per heavy atom. The molecule has 0 amide bonds. The van der Waals surface area contributed by atoms with Gasteiger partial charge in [-0.1, -0.05) is 12.1 Å². The van der Waals surface area contributed by atoms with Crippen molar-refractivity contribution in [2.75, 3.05) is 27.9 Å². The molecule has 0 radical (unpaired) electrons. The number of rotatable bonds is 7. The molecule has 1 saturated heterocycles. The van der Waals surface area contributed by atoms with Gasteiger partial charge in [-0.2, -0.15) is 0 Å². The molecule has 1 fully saturated rings. The molecule has 8 heteroatoms. The number of fused-ring (bicyclic) bond motifs is 1. The molecule has 1 aliphatic rings. The van der Waals surface area contributed by atoms with Gasteiger partial charge in [0, 0.05) is 18.2 Å². The number of nitrogens with zero attached hydrogens (tertiary/aromatic N) is 2. The summed E-state index contributed by atoms with van der Waals surface area (Å²) in [6.07, 6.45) is 1.42. The van der Waals surface area contributed by atoms with E-state index in [4.69, 9.17) is 19.2 Å². The van der Waals surface area contributed by atoms with Gasteiger partial charge in [0.1, 0.15) is 16.8 Å². The molecule has 2 unspecified atom stereocenters. The Hall–Kier alpha value is -2.84. The van der Waals surface area contributed by atoms with Gasteiger partial charge in [0.2, 0.25) is 0 Å². The van der Waals surface area contributed by atoms with E-state index < -0.39 is 12.0 Å². The molecule has 2 aromatic carbocycles. The van der Waals surface area contributed by atoms with Crippen molar-refractivity contribution in [2.45, 2.75) is 24.9 Å². The van der Waals surface area contributed by atoms with Crippen LogP contribution in [0.15, 0.2) is 36.4 Å². The summed E-state index contributed by atoms with van der Waals surface area (Å²) in [6, 6.07) is 10.6. The second-order valence-corrected chi connectivity index (χ2v) is 8.17. The van der Waals surface area contributed by atoms with Crippen molar-refractivity contribution in [3.05, 3.63) is 47.0 Å². The molecular weight excluding hydrogens is 404 g/mol. The Balaban J connectivity index is 1.92. The number of aromatic nitrogens is 1. The smallest absolute Gasteiger partial charge is 0.320 e. The molecule has 0 bridgehead atoms. The minimum Gasteiger partial charge on any atom is -0.496 e. The molecule has 0 spiro atoms. The Kier molecular flexibility index (Phi) is 5.78. The molecule has 158 valence electrons. The monoisotopic (exact) mass is 428 g/mol. The van der Waals surface area contributed by atoms with Gasteiger partial charge < -0.3 is 19.3 Å². The SMILES string of the molecule is COc1cc(OC)c(C(c2nc3ccccc3s2)N2CCCC2C(=O)O)cc1OC. The number of aliphatic carboxylic acids is 1. The first-order valence-corrected chi connectivity index (χ1v) is 10.5. The van der Waals surface area contributed by atoms with Crippen molar-refractivity contribution >= 4 is 27.5 Å². The predicted molar refractivity (Wildman–Crippen MR) is 115 cm³/mol. The number of hydrogen-bond donors (Lipinski definition) is 1. The van der Waals surface area contributed by atoms with Crippen molar-refractivity contribution in [3.8, 4) is 17.2 Å². The van der Waals surface area contributed by atoms with E-state index in [1.165, 1.54) is 0 Å². The van der Waals surface area contributed by atoms with Crippen LogP contribution in [-0.2, 0) is 4.79 Å². The average Bonchev–Trinajstić information content (AvgIpc) is 3.40. The largest absolute Gasteiger partial charge is 0.496 e. The van der Waals surface area contributed by atoms with Gasteiger partial charge >= 0.3 is 5.97 Å². The number of benzene rings is 2. The molecule has 2 heterocycles. The molecule has 0 aliphatic carbocycles. The third-order valence-corrected chi connectivity index (χ3v) is 6.57. The Morgan fingerprint density at radius 3 is 2.50 bits per heavy atom. The van der Waals surface area contributed by atoms with E-state index in [-0.39, 0.29) is 6.04 Å². The van der Waals surface area contributed by atoms with Gasteiger partial charge in [-0.3, -0.25) is 9.69 Å². The van der Waals surface area contributed by atoms with Crippen LogP contribution in [0.3, 0.4) is 0 Å². The molecule has 3 aromatic rings. The Morgan fingerprint density at radius 1 is 1.13 bits per heavy atom. The highest BCUT2D eigenvalue weighted by Gasteiger charge is 2.39. The number of methoxy groups -OCH3 is 3. The van der Waals surface area contributed by atoms with E-state index in [1.54, 1.807) is 38.7 Å². The number of carboxylic acids is 1. The maximum Gasteiger partial charge on any atom is 0.320 e. The van der Waals surface area contributed by atoms with Crippen molar-refractivity contribution in [3.63, 3.8) is 0 Å². The highest BCUT2D eigenvalue weighted by atomic mass is 32.1. The van der Waals surface area contributed by atoms with Gasteiger partial charge in [0.05, 0.1) is 37.6 Å². The summed E-state index contributed by atoms with van der Waals surface area (Å²) in [5, 5.41) is 10.7. The van der Waals surface area contributed by atoms with Crippen LogP contribution in [0.25, 0.3) is 10.2 Å². The fraction of sp³-hybridized carbons (Fsp3) is 0.364. The molecule has 4 rings (SSSR count). The van der Waals surface area contributed by atoms with Crippen molar-refractivity contribution < 1.29 is 24.1 Å². The zero-order valence-electron chi connectivity index (χ0n) is 17.1. The number of para-hydroxylation sites is 1. The highest BCUT2D eigenvalue weighted by Crippen LogP contribution is 2.45. The minimum atomic E-state index is -0.821. The topological polar surface area (TPSA) is 81.1 Å². The molecule has 0 saturated carbocycles. The maximum atomic E-state index is 12.0. The third-order valence-electron chi connectivity index (χ3n) is 5.49. The van der Waals surface area contributed by atoms with Crippen LogP contribution in [-0.4, -0.2) is 54.9 Å². The van der Waals surface area contributed by atoms with Crippen LogP contribution < -0.4 is 14.2 Å². The lowest BCUT2D eigenvalue weighted by atomic mass is 10.0. The number of hydrogen-bond acceptors (Lipinski definition) is 7. The number of carboxylic acid groups (broad SMARTS) is 1. The van der Waals surface area contributed by atoms with E-state index in [2.05, 4.69) is 0 Å². The van der Waals surface area contributed by atoms with E-state index >= 15 is 0 Å². The van der Waals surface area contributed by atoms with E-state index in [0.717, 1.165) is 27.2 Å². The van der Waals surface area contributed by atoms with Crippen LogP contribution in [0.2, 0.25) is 0 Å². The van der Waals surface area contributed by atoms with Crippen LogP contribution in [0.1, 0.15) is 29.5 Å². The van der Waals surface area contributed by atoms with Crippen LogP contribution >= 0.6 is 11.3 Å². The van der Waals surface area contributed by atoms with Crippen molar-refractivity contribution in [1.82, 2.24) is 9.88 Å². The first kappa shape index (κ1) is 20.4. The highest BCUT2D eigenvalue weighted by molar-refractivity contribution is 7.18. The maximum absolute atomic E-state index is 12.0. The van der Waals surface area contributed by atoms with Crippen LogP contribution in [0, 0.1) is 0 Å². The fourth-order valence-corrected chi connectivity index (χ4v) is 5.20. The fourth-order valence-electron chi connectivity index (χ4n) is 4.09. The van der Waals surface area contributed by atoms with E-state index in [1.807, 2.05) is 35.2 Å². The first-order valence-electron chi connectivity index (χ1n) is 9.71. The molecular formula is C22H24N2O5S. The molecule has 1 aliphatic heterocycles. The quantitative estimate of drug-likeness (QED) is 0.610. The van der Waals surface area contributed by atoms with Crippen molar-refractivity contribution in [1.29, 1.82) is 0 Å². The predicted octanol–water partition coefficient (Wildman–Crippen LogP) is 3.96. The summed E-state index contributed by atoms with van der Waals surface area (Å²) in [5.74, 6) is 0.897. The summed E-state index contributed by atoms with van der Waals surface area (Å²) >= 11 is 1.57. The zero-order chi connectivity index (χ0) is 21.3. The minimum absolute atomic E-state index is 0.374. The lowest BCUT2D eigenvalue weighted by Gasteiger charge is -2.31. The third kappa shape index (κ3) is 3.57. The van der Waals surface area contributed by atoms with E-state index in [0.29, 0.717) is 30.2 Å². The van der Waals surface area contributed by atoms with E-state index in [9.17, 15) is 9.90 Å². The summed E-state index contributed by atoms with van der Waals surface area (Å²) in [4.78, 5) is 18.9. The second kappa shape index (κ2) is 8.49. The molecule has 1 aromatic heterocycles. The van der Waals surface area contributed by atoms with Crippen LogP contribution in [0.4, 0.5) is 0 Å². The molecule has 1 N–H and O–H groups in total. The second-order valence-electron chi connectivity index (χ2n) is 7.11. The standard InChI is InChI=1S/C22H24N2O5S/c1-27-16-12-18(29-3)17(28-2)11-13(16)20(24-10-6-8-15(24)22(25)26)21-23-14-7-4-5-9-19(14)30-21/h4-5,7,9,11-12,15,20H,6,8,10H2,1-3H3,(H,25,26). The van der Waals surface area contributed by atoms with Gasteiger partial charge in [-0.15, -0.1) is 11.3 Å². The van der Waals surface area contributed by atoms with Gasteiger partial charge in [0.15, 0.2) is 11.5 Å². The van der Waals surface area contributed by atoms with Gasteiger partial charge in [-0.05, 0) is 31.0 Å². The molecule has 30 heavy (non-hydrogen) atoms. The lowest BCUT2D eigenvalue weighted by molar-refractivity contribution is -0.142. The summed E-state index contributed by atoms with van der Waals surface area (Å²) in [7, 11) is 4.75. The van der Waals surface area contributed by atoms with Gasteiger partial charge in [0.25, 0.3) is 0 Å². The number of carbonyl (C=O) groups is 1. The first-order chi connectivity index (χ1) is 14.6. The summed E-state index contributed by atoms with van der Waals surface area (Å²) in [5.41, 5.74) is 1.70. The average molecular weight is 429 g/mol. The normalized spacial score (nSPS) is 17.8. The van der Waals surface area contributed by atoms with Crippen LogP contribution in [0.5, 0.6) is 17.2 Å². The zero-order valence-corrected chi connectivity index (χ0v) is 17.9. The Labute approximate surface area is 178 Å². The Bertz CT molecular complexity index is 1030. The van der Waals surface area contributed by atoms with Crippen molar-refractivity contribution in [2.24, 2.45) is 0 Å². The van der Waals surface area contributed by atoms with Gasteiger partial charge in [-0.25, -0.2) is 4.98 Å². The summed E-state index contributed by atoms with van der Waals surface area (Å²) in [6.45, 7) is 0.662.